The Balaban J connectivity index is 1.55. The second kappa shape index (κ2) is 12.1. The van der Waals surface area contributed by atoms with E-state index in [0.717, 1.165) is 31.2 Å². The molecule has 188 valence electrons. The standard InChI is InChI=1S/C26H39N3O5/c1-5-6-12-27-25(31)20-9-7-18(2)29(17-20)26(32)21-15-24(30)28(16-21)13-11-19-8-10-22(33-3)23(14-19)34-4/h8,10,14,18,20-21H,5-7,9,11-13,15-17H2,1-4H3,(H,27,31). The molecule has 34 heavy (non-hydrogen) atoms. The monoisotopic (exact) mass is 473 g/mol. The Labute approximate surface area is 202 Å². The maximum Gasteiger partial charge on any atom is 0.228 e. The van der Waals surface area contributed by atoms with E-state index < -0.39 is 0 Å². The van der Waals surface area contributed by atoms with Crippen molar-refractivity contribution in [2.24, 2.45) is 11.8 Å². The molecule has 3 amide bonds. The van der Waals surface area contributed by atoms with Gasteiger partial charge in [0.05, 0.1) is 26.1 Å². The van der Waals surface area contributed by atoms with Crippen molar-refractivity contribution in [3.63, 3.8) is 0 Å². The van der Waals surface area contributed by atoms with E-state index in [1.165, 1.54) is 0 Å². The van der Waals surface area contributed by atoms with Crippen LogP contribution in [0.2, 0.25) is 0 Å². The first-order valence-electron chi connectivity index (χ1n) is 12.4. The van der Waals surface area contributed by atoms with Gasteiger partial charge in [-0.1, -0.05) is 19.4 Å². The number of benzene rings is 1. The highest BCUT2D eigenvalue weighted by Gasteiger charge is 2.40. The topological polar surface area (TPSA) is 88.2 Å². The SMILES string of the molecule is CCCCNC(=O)C1CCC(C)N(C(=O)C2CC(=O)N(CCc3ccc(OC)c(OC)c3)C2)C1. The van der Waals surface area contributed by atoms with E-state index in [-0.39, 0.29) is 42.0 Å². The highest BCUT2D eigenvalue weighted by atomic mass is 16.5. The molecule has 0 bridgehead atoms. The van der Waals surface area contributed by atoms with E-state index in [1.54, 1.807) is 19.1 Å². The fourth-order valence-corrected chi connectivity index (χ4v) is 4.85. The average Bonchev–Trinajstić information content (AvgIpc) is 3.22. The van der Waals surface area contributed by atoms with Crippen molar-refractivity contribution < 1.29 is 23.9 Å². The predicted molar refractivity (Wildman–Crippen MR) is 130 cm³/mol. The van der Waals surface area contributed by atoms with E-state index in [9.17, 15) is 14.4 Å². The fourth-order valence-electron chi connectivity index (χ4n) is 4.85. The Bertz CT molecular complexity index is 874. The maximum absolute atomic E-state index is 13.3. The molecule has 0 saturated carbocycles. The smallest absolute Gasteiger partial charge is 0.228 e. The molecule has 1 aromatic carbocycles. The van der Waals surface area contributed by atoms with E-state index in [4.69, 9.17) is 9.47 Å². The van der Waals surface area contributed by atoms with Crippen LogP contribution in [0.1, 0.15) is 51.5 Å². The predicted octanol–water partition coefficient (Wildman–Crippen LogP) is 2.64. The second-order valence-electron chi connectivity index (χ2n) is 9.44. The van der Waals surface area contributed by atoms with Crippen molar-refractivity contribution in [1.82, 2.24) is 15.1 Å². The van der Waals surface area contributed by atoms with Gasteiger partial charge in [0.2, 0.25) is 17.7 Å². The molecule has 3 rings (SSSR count). The van der Waals surface area contributed by atoms with Crippen LogP contribution >= 0.6 is 0 Å². The minimum Gasteiger partial charge on any atom is -0.493 e. The average molecular weight is 474 g/mol. The number of carbonyl (C=O) groups excluding carboxylic acids is 3. The molecule has 1 aromatic rings. The first kappa shape index (κ1) is 25.8. The lowest BCUT2D eigenvalue weighted by molar-refractivity contribution is -0.142. The Morgan fingerprint density at radius 2 is 1.85 bits per heavy atom. The van der Waals surface area contributed by atoms with Gasteiger partial charge in [-0.3, -0.25) is 14.4 Å². The quantitative estimate of drug-likeness (QED) is 0.528. The first-order valence-corrected chi connectivity index (χ1v) is 12.4. The van der Waals surface area contributed by atoms with Crippen LogP contribution in [-0.4, -0.2) is 74.0 Å². The molecule has 2 aliphatic rings. The van der Waals surface area contributed by atoms with Crippen molar-refractivity contribution in [3.8, 4) is 11.5 Å². The Hall–Kier alpha value is -2.77. The van der Waals surface area contributed by atoms with E-state index in [1.807, 2.05) is 30.0 Å². The molecule has 8 nitrogen and oxygen atoms in total. The van der Waals surface area contributed by atoms with E-state index in [0.29, 0.717) is 44.1 Å². The number of nitrogens with zero attached hydrogens (tertiary/aromatic N) is 2. The normalized spacial score (nSPS) is 22.6. The molecule has 1 N–H and O–H groups in total. The van der Waals surface area contributed by atoms with Crippen LogP contribution in [0, 0.1) is 11.8 Å². The van der Waals surface area contributed by atoms with Gasteiger partial charge in [0.15, 0.2) is 11.5 Å². The molecule has 3 atom stereocenters. The third-order valence-corrected chi connectivity index (χ3v) is 7.05. The number of ether oxygens (including phenoxy) is 2. The maximum atomic E-state index is 13.3. The van der Waals surface area contributed by atoms with Gasteiger partial charge in [-0.05, 0) is 50.3 Å². The molecule has 2 saturated heterocycles. The molecule has 0 aliphatic carbocycles. The zero-order valence-electron chi connectivity index (χ0n) is 21.0. The van der Waals surface area contributed by atoms with Gasteiger partial charge in [0.1, 0.15) is 0 Å². The van der Waals surface area contributed by atoms with Crippen molar-refractivity contribution in [1.29, 1.82) is 0 Å². The fraction of sp³-hybridized carbons (Fsp3) is 0.654. The van der Waals surface area contributed by atoms with Gasteiger partial charge >= 0.3 is 0 Å². The molecule has 0 spiro atoms. The number of unbranched alkanes of at least 4 members (excludes halogenated alkanes) is 1. The van der Waals surface area contributed by atoms with Crippen molar-refractivity contribution in [2.75, 3.05) is 40.4 Å². The molecule has 0 aromatic heterocycles. The van der Waals surface area contributed by atoms with Gasteiger partial charge in [0, 0.05) is 38.6 Å². The minimum atomic E-state index is -0.345. The number of piperidine rings is 1. The summed E-state index contributed by atoms with van der Waals surface area (Å²) in [5, 5.41) is 3.00. The zero-order valence-corrected chi connectivity index (χ0v) is 21.0. The van der Waals surface area contributed by atoms with Crippen LogP contribution in [-0.2, 0) is 20.8 Å². The van der Waals surface area contributed by atoms with Crippen LogP contribution in [0.4, 0.5) is 0 Å². The number of hydrogen-bond donors (Lipinski definition) is 1. The van der Waals surface area contributed by atoms with Crippen LogP contribution in [0.25, 0.3) is 0 Å². The summed E-state index contributed by atoms with van der Waals surface area (Å²) in [4.78, 5) is 42.2. The summed E-state index contributed by atoms with van der Waals surface area (Å²) in [6, 6.07) is 5.83. The van der Waals surface area contributed by atoms with Gasteiger partial charge in [0.25, 0.3) is 0 Å². The first-order chi connectivity index (χ1) is 16.4. The highest BCUT2D eigenvalue weighted by molar-refractivity contribution is 5.90. The lowest BCUT2D eigenvalue weighted by Gasteiger charge is -2.38. The zero-order chi connectivity index (χ0) is 24.7. The van der Waals surface area contributed by atoms with E-state index >= 15 is 0 Å². The molecule has 3 unspecified atom stereocenters. The molecule has 2 heterocycles. The third-order valence-electron chi connectivity index (χ3n) is 7.05. The molecular weight excluding hydrogens is 434 g/mol. The van der Waals surface area contributed by atoms with Crippen LogP contribution in [0.3, 0.4) is 0 Å². The highest BCUT2D eigenvalue weighted by Crippen LogP contribution is 2.29. The Morgan fingerprint density at radius 1 is 1.09 bits per heavy atom. The molecule has 2 aliphatic heterocycles. The van der Waals surface area contributed by atoms with E-state index in [2.05, 4.69) is 12.2 Å². The van der Waals surface area contributed by atoms with Crippen LogP contribution in [0.15, 0.2) is 18.2 Å². The molecule has 2 fully saturated rings. The Kier molecular flexibility index (Phi) is 9.19. The summed E-state index contributed by atoms with van der Waals surface area (Å²) in [5.41, 5.74) is 1.04. The lowest BCUT2D eigenvalue weighted by Crippen LogP contribution is -2.51. The van der Waals surface area contributed by atoms with Gasteiger partial charge < -0.3 is 24.6 Å². The summed E-state index contributed by atoms with van der Waals surface area (Å²) >= 11 is 0. The van der Waals surface area contributed by atoms with Gasteiger partial charge in [-0.15, -0.1) is 0 Å². The number of hydrogen-bond acceptors (Lipinski definition) is 5. The summed E-state index contributed by atoms with van der Waals surface area (Å²) in [7, 11) is 3.20. The van der Waals surface area contributed by atoms with Crippen LogP contribution in [0.5, 0.6) is 11.5 Å². The minimum absolute atomic E-state index is 0.000486. The summed E-state index contributed by atoms with van der Waals surface area (Å²) in [5.74, 6) is 0.864. The van der Waals surface area contributed by atoms with Crippen LogP contribution < -0.4 is 14.8 Å². The number of nitrogens with one attached hydrogen (secondary N) is 1. The Morgan fingerprint density at radius 3 is 2.56 bits per heavy atom. The van der Waals surface area contributed by atoms with Crippen molar-refractivity contribution in [2.45, 2.75) is 58.4 Å². The van der Waals surface area contributed by atoms with Crippen molar-refractivity contribution >= 4 is 17.7 Å². The number of rotatable bonds is 10. The largest absolute Gasteiger partial charge is 0.493 e. The third kappa shape index (κ3) is 6.21. The van der Waals surface area contributed by atoms with Gasteiger partial charge in [-0.2, -0.15) is 0 Å². The summed E-state index contributed by atoms with van der Waals surface area (Å²) < 4.78 is 10.6. The summed E-state index contributed by atoms with van der Waals surface area (Å²) in [6.07, 6.45) is 4.51. The van der Waals surface area contributed by atoms with Crippen molar-refractivity contribution in [3.05, 3.63) is 23.8 Å². The lowest BCUT2D eigenvalue weighted by atomic mass is 9.91. The number of methoxy groups -OCH3 is 2. The molecular formula is C26H39N3O5. The molecule has 8 heteroatoms. The number of carbonyl (C=O) groups is 3. The second-order valence-corrected chi connectivity index (χ2v) is 9.44. The number of likely N-dealkylation sites (tertiary alicyclic amines) is 2. The summed E-state index contributed by atoms with van der Waals surface area (Å²) in [6.45, 7) is 6.23. The molecule has 0 radical (unpaired) electrons. The van der Waals surface area contributed by atoms with Gasteiger partial charge in [-0.25, -0.2) is 0 Å². The number of amides is 3.